The topological polar surface area (TPSA) is 9.72 Å². The van der Waals surface area contributed by atoms with Crippen LogP contribution in [0.5, 0.6) is 0 Å². The lowest BCUT2D eigenvalue weighted by atomic mass is 9.36. The van der Waals surface area contributed by atoms with E-state index < -0.39 is 0 Å². The molecular weight excluding hydrogens is 974 g/mol. The van der Waals surface area contributed by atoms with Gasteiger partial charge < -0.3 is 14.7 Å². The first-order chi connectivity index (χ1) is 37.0. The Hall–Kier alpha value is -6.04. The normalized spacial score (nSPS) is 19.9. The molecule has 0 amide bonds. The average Bonchev–Trinajstić information content (AvgIpc) is 3.07. The van der Waals surface area contributed by atoms with Gasteiger partial charge in [0, 0.05) is 60.4 Å². The molecule has 3 nitrogen and oxygen atoms in total. The molecule has 0 unspecified atom stereocenters. The molecule has 0 saturated carbocycles. The zero-order valence-electron chi connectivity index (χ0n) is 50.9. The number of fused-ring (bicyclic) bond motifs is 8. The molecule has 0 spiro atoms. The molecule has 3 heterocycles. The summed E-state index contributed by atoms with van der Waals surface area (Å²) in [7, 11) is 0. The van der Waals surface area contributed by atoms with Crippen LogP contribution in [0.4, 0.5) is 45.5 Å². The van der Waals surface area contributed by atoms with Crippen LogP contribution in [0.15, 0.2) is 145 Å². The van der Waals surface area contributed by atoms with Gasteiger partial charge in [0.15, 0.2) is 0 Å². The van der Waals surface area contributed by atoms with Gasteiger partial charge in [-0.15, -0.1) is 11.3 Å². The number of para-hydroxylation sites is 2. The third kappa shape index (κ3) is 8.64. The number of thiophene rings is 1. The maximum atomic E-state index is 4.76. The van der Waals surface area contributed by atoms with Crippen molar-refractivity contribution in [3.05, 3.63) is 184 Å². The van der Waals surface area contributed by atoms with Crippen molar-refractivity contribution in [2.75, 3.05) is 14.7 Å². The Morgan fingerprint density at radius 3 is 1.75 bits per heavy atom. The average molecular weight is 1060 g/mol. The number of hydrogen-bond donors (Lipinski definition) is 0. The Balaban J connectivity index is 1.23. The van der Waals surface area contributed by atoms with E-state index in [-0.39, 0.29) is 44.6 Å². The number of nitrogens with zero attached hydrogens (tertiary/aromatic N) is 3. The summed E-state index contributed by atoms with van der Waals surface area (Å²) in [5.74, 6) is 0. The molecule has 0 radical (unpaired) electrons. The Labute approximate surface area is 479 Å². The predicted molar refractivity (Wildman–Crippen MR) is 346 cm³/mol. The zero-order valence-corrected chi connectivity index (χ0v) is 51.7. The highest BCUT2D eigenvalue weighted by Gasteiger charge is 2.48. The van der Waals surface area contributed by atoms with E-state index in [9.17, 15) is 0 Å². The van der Waals surface area contributed by atoms with Crippen LogP contribution in [0.1, 0.15) is 181 Å². The predicted octanol–water partition coefficient (Wildman–Crippen LogP) is 19.6. The number of rotatable bonds is 7. The maximum absolute atomic E-state index is 4.76. The van der Waals surface area contributed by atoms with E-state index in [2.05, 4.69) is 260 Å². The molecule has 406 valence electrons. The van der Waals surface area contributed by atoms with Crippen molar-refractivity contribution in [1.82, 2.24) is 0 Å². The summed E-state index contributed by atoms with van der Waals surface area (Å²) in [5.41, 5.74) is 25.0. The molecule has 5 heteroatoms. The molecule has 79 heavy (non-hydrogen) atoms. The minimum Gasteiger partial charge on any atom is -0.311 e. The van der Waals surface area contributed by atoms with Gasteiger partial charge >= 0.3 is 0 Å². The first-order valence-electron chi connectivity index (χ1n) is 29.7. The van der Waals surface area contributed by atoms with Crippen molar-refractivity contribution >= 4 is 89.3 Å². The minimum atomic E-state index is -0.170. The highest BCUT2D eigenvalue weighted by Crippen LogP contribution is 2.55. The quantitative estimate of drug-likeness (QED) is 0.116. The van der Waals surface area contributed by atoms with Gasteiger partial charge in [-0.3, -0.25) is 0 Å². The van der Waals surface area contributed by atoms with Crippen LogP contribution in [0.25, 0.3) is 10.1 Å². The number of hydrogen-bond acceptors (Lipinski definition) is 4. The largest absolute Gasteiger partial charge is 0.311 e. The Kier molecular flexibility index (Phi) is 12.2. The molecule has 0 fully saturated rings. The summed E-state index contributed by atoms with van der Waals surface area (Å²) < 4.78 is 2.78. The summed E-state index contributed by atoms with van der Waals surface area (Å²) in [6.07, 6.45) is 14.3. The lowest BCUT2D eigenvalue weighted by Crippen LogP contribution is -2.61. The van der Waals surface area contributed by atoms with Gasteiger partial charge in [0.25, 0.3) is 6.71 Å². The second-order valence-electron chi connectivity index (χ2n) is 29.7. The molecule has 12 rings (SSSR count). The standard InChI is InChI=1S/C74H86BN3S/c1-19-50(38-49-45-69(7,8)32-33-70(49,9)10)78-63-40-48(68(4,5)6)39-62-65(63)75(67-66(78)53-43-56-57(44-64(53)79-67)74(17,18)37-36-73(56,15)16)58-31-29-52(76(59-26-22-20-24-46(59)2)60-27-23-21-25-47(60)3)42-61(58)77(62)51-28-30-54-55(41-51)72(13,14)35-34-71(54,11)12/h19-31,38-45H,1,32-37H2,2-18H3/b50-38+. The highest BCUT2D eigenvalue weighted by molar-refractivity contribution is 7.33. The summed E-state index contributed by atoms with van der Waals surface area (Å²) in [6.45, 7) is 45.9. The molecule has 1 aromatic heterocycles. The van der Waals surface area contributed by atoms with Crippen molar-refractivity contribution in [2.24, 2.45) is 10.8 Å². The molecule has 3 aliphatic carbocycles. The van der Waals surface area contributed by atoms with E-state index in [1.165, 1.54) is 136 Å². The first-order valence-corrected chi connectivity index (χ1v) is 30.5. The van der Waals surface area contributed by atoms with E-state index in [4.69, 9.17) is 6.58 Å². The van der Waals surface area contributed by atoms with Crippen LogP contribution < -0.4 is 30.4 Å². The summed E-state index contributed by atoms with van der Waals surface area (Å²) in [4.78, 5) is 7.91. The number of aryl methyl sites for hydroxylation is 2. The summed E-state index contributed by atoms with van der Waals surface area (Å²) >= 11 is 2.04. The minimum absolute atomic E-state index is 0.00963. The van der Waals surface area contributed by atoms with Gasteiger partial charge in [0.1, 0.15) is 0 Å². The first kappa shape index (κ1) is 53.6. The number of benzene rings is 6. The highest BCUT2D eigenvalue weighted by atomic mass is 32.1. The van der Waals surface area contributed by atoms with Gasteiger partial charge in [-0.2, -0.15) is 0 Å². The lowest BCUT2D eigenvalue weighted by molar-refractivity contribution is 0.286. The van der Waals surface area contributed by atoms with E-state index in [1.54, 1.807) is 0 Å². The van der Waals surface area contributed by atoms with E-state index >= 15 is 0 Å². The van der Waals surface area contributed by atoms with Crippen molar-refractivity contribution in [2.45, 2.75) is 183 Å². The van der Waals surface area contributed by atoms with Gasteiger partial charge in [-0.1, -0.05) is 165 Å². The Bertz CT molecular complexity index is 3700. The van der Waals surface area contributed by atoms with Crippen LogP contribution in [-0.4, -0.2) is 6.71 Å². The van der Waals surface area contributed by atoms with E-state index in [0.29, 0.717) is 0 Å². The fraction of sp³-hybridized carbons (Fsp3) is 0.405. The fourth-order valence-corrected chi connectivity index (χ4v) is 15.8. The van der Waals surface area contributed by atoms with Crippen molar-refractivity contribution in [3.63, 3.8) is 0 Å². The maximum Gasteiger partial charge on any atom is 0.264 e. The second kappa shape index (κ2) is 18.0. The van der Waals surface area contributed by atoms with Crippen LogP contribution in [0.2, 0.25) is 0 Å². The SMILES string of the molecule is C=C/C(=C\C1=CC(C)(C)CCC1(C)C)N1c2cc(C(C)(C)C)cc3c2B(c2ccc(N(c4ccccc4C)c4ccccc4C)cc2N3c2ccc3c(c2)C(C)(C)CCC3(C)C)c2sc3cc4c(cc3c21)C(C)(C)CCC4(C)C. The van der Waals surface area contributed by atoms with Crippen molar-refractivity contribution in [3.8, 4) is 0 Å². The summed E-state index contributed by atoms with van der Waals surface area (Å²) in [5, 5.41) is 1.35. The smallest absolute Gasteiger partial charge is 0.264 e. The third-order valence-corrected chi connectivity index (χ3v) is 21.3. The summed E-state index contributed by atoms with van der Waals surface area (Å²) in [6, 6.07) is 43.3. The van der Waals surface area contributed by atoms with Crippen LogP contribution >= 0.6 is 11.3 Å². The van der Waals surface area contributed by atoms with E-state index in [1.807, 2.05) is 11.3 Å². The molecule has 0 saturated heterocycles. The van der Waals surface area contributed by atoms with E-state index in [0.717, 1.165) is 24.2 Å². The fourth-order valence-electron chi connectivity index (χ4n) is 14.5. The molecule has 0 N–H and O–H groups in total. The Morgan fingerprint density at radius 2 is 1.15 bits per heavy atom. The van der Waals surface area contributed by atoms with Crippen LogP contribution in [-0.2, 0) is 27.1 Å². The molecule has 5 aliphatic rings. The van der Waals surface area contributed by atoms with Crippen molar-refractivity contribution in [1.29, 1.82) is 0 Å². The zero-order chi connectivity index (χ0) is 56.3. The molecule has 2 aliphatic heterocycles. The Morgan fingerprint density at radius 1 is 0.595 bits per heavy atom. The van der Waals surface area contributed by atoms with Crippen LogP contribution in [0.3, 0.4) is 0 Å². The molecule has 0 atom stereocenters. The third-order valence-electron chi connectivity index (χ3n) is 20.0. The van der Waals surface area contributed by atoms with Gasteiger partial charge in [-0.25, -0.2) is 0 Å². The van der Waals surface area contributed by atoms with Gasteiger partial charge in [0.2, 0.25) is 0 Å². The molecular formula is C74H86BN3S. The van der Waals surface area contributed by atoms with Gasteiger partial charge in [0.05, 0.1) is 5.69 Å². The lowest BCUT2D eigenvalue weighted by Gasteiger charge is -2.46. The molecule has 0 bridgehead atoms. The second-order valence-corrected chi connectivity index (χ2v) is 30.7. The monoisotopic (exact) mass is 1060 g/mol. The molecule has 7 aromatic rings. The van der Waals surface area contributed by atoms with Gasteiger partial charge in [-0.05, 0) is 219 Å². The number of anilines is 8. The van der Waals surface area contributed by atoms with Crippen LogP contribution in [0, 0.1) is 24.7 Å². The number of allylic oxidation sites excluding steroid dienone is 4. The van der Waals surface area contributed by atoms with Crippen molar-refractivity contribution < 1.29 is 0 Å². The molecule has 6 aromatic carbocycles.